The topological polar surface area (TPSA) is 35.5 Å². The summed E-state index contributed by atoms with van der Waals surface area (Å²) in [6.07, 6.45) is 6.31. The highest BCUT2D eigenvalue weighted by molar-refractivity contribution is 5.34. The van der Waals surface area contributed by atoms with Gasteiger partial charge in [-0.2, -0.15) is 0 Å². The fourth-order valence-corrected chi connectivity index (χ4v) is 3.37. The summed E-state index contributed by atoms with van der Waals surface area (Å²) in [4.78, 5) is 2.65. The first kappa shape index (κ1) is 13.9. The maximum atomic E-state index is 10.0. The van der Waals surface area contributed by atoms with E-state index in [2.05, 4.69) is 17.1 Å². The van der Waals surface area contributed by atoms with Gasteiger partial charge in [-0.05, 0) is 51.3 Å². The van der Waals surface area contributed by atoms with Crippen molar-refractivity contribution in [1.29, 1.82) is 0 Å². The number of nitrogens with zero attached hydrogens (tertiary/aromatic N) is 1. The average Bonchev–Trinajstić information content (AvgIpc) is 3.31. The van der Waals surface area contributed by atoms with Crippen molar-refractivity contribution < 1.29 is 5.11 Å². The molecule has 1 heterocycles. The number of para-hydroxylation sites is 1. The Balaban J connectivity index is 1.57. The molecule has 1 atom stereocenters. The van der Waals surface area contributed by atoms with Gasteiger partial charge in [-0.3, -0.25) is 0 Å². The maximum absolute atomic E-state index is 10.0. The molecule has 1 saturated carbocycles. The Kier molecular flexibility index (Phi) is 4.27. The highest BCUT2D eigenvalue weighted by Gasteiger charge is 2.32. The molecule has 0 spiro atoms. The third kappa shape index (κ3) is 3.15. The Bertz CT molecular complexity index is 436. The Morgan fingerprint density at radius 2 is 1.90 bits per heavy atom. The van der Waals surface area contributed by atoms with Crippen molar-refractivity contribution in [2.75, 3.05) is 13.1 Å². The number of nitrogens with one attached hydrogen (secondary N) is 1. The third-order valence-electron chi connectivity index (χ3n) is 4.75. The number of rotatable bonds is 5. The van der Waals surface area contributed by atoms with Crippen LogP contribution in [-0.4, -0.2) is 35.2 Å². The zero-order valence-electron chi connectivity index (χ0n) is 12.4. The summed E-state index contributed by atoms with van der Waals surface area (Å²) in [5, 5.41) is 13.8. The van der Waals surface area contributed by atoms with Crippen molar-refractivity contribution >= 4 is 0 Å². The molecule has 0 aromatic heterocycles. The average molecular weight is 274 g/mol. The second-order valence-electron chi connectivity index (χ2n) is 6.23. The molecule has 1 aromatic carbocycles. The van der Waals surface area contributed by atoms with E-state index in [1.807, 2.05) is 18.2 Å². The molecule has 3 rings (SSSR count). The van der Waals surface area contributed by atoms with Gasteiger partial charge in [0, 0.05) is 23.7 Å². The van der Waals surface area contributed by atoms with E-state index >= 15 is 0 Å². The number of aromatic hydroxyl groups is 1. The van der Waals surface area contributed by atoms with Crippen molar-refractivity contribution in [3.8, 4) is 5.75 Å². The summed E-state index contributed by atoms with van der Waals surface area (Å²) in [7, 11) is 0. The fourth-order valence-electron chi connectivity index (χ4n) is 3.37. The van der Waals surface area contributed by atoms with E-state index in [1.54, 1.807) is 6.07 Å². The summed E-state index contributed by atoms with van der Waals surface area (Å²) in [6.45, 7) is 4.66. The number of benzene rings is 1. The van der Waals surface area contributed by atoms with Crippen LogP contribution in [0.15, 0.2) is 24.3 Å². The fraction of sp³-hybridized carbons (Fsp3) is 0.647. The SMILES string of the molecule is CCC(NC1CCN(C2CC2)CC1)c1ccccc1O. The highest BCUT2D eigenvalue weighted by Crippen LogP contribution is 2.31. The number of hydrogen-bond acceptors (Lipinski definition) is 3. The minimum absolute atomic E-state index is 0.272. The normalized spacial score (nSPS) is 22.9. The lowest BCUT2D eigenvalue weighted by molar-refractivity contribution is 0.182. The molecule has 0 amide bonds. The summed E-state index contributed by atoms with van der Waals surface area (Å²) in [5.74, 6) is 0.419. The summed E-state index contributed by atoms with van der Waals surface area (Å²) >= 11 is 0. The first-order valence-electron chi connectivity index (χ1n) is 8.06. The smallest absolute Gasteiger partial charge is 0.120 e. The Morgan fingerprint density at radius 3 is 2.50 bits per heavy atom. The van der Waals surface area contributed by atoms with Crippen LogP contribution in [0.1, 0.15) is 50.6 Å². The molecule has 2 N–H and O–H groups in total. The van der Waals surface area contributed by atoms with Crippen LogP contribution in [0.4, 0.5) is 0 Å². The number of phenolic OH excluding ortho intramolecular Hbond substituents is 1. The van der Waals surface area contributed by atoms with E-state index in [9.17, 15) is 5.11 Å². The van der Waals surface area contributed by atoms with Crippen molar-refractivity contribution in [3.63, 3.8) is 0 Å². The van der Waals surface area contributed by atoms with Crippen LogP contribution in [0.3, 0.4) is 0 Å². The first-order chi connectivity index (χ1) is 9.78. The van der Waals surface area contributed by atoms with Crippen molar-refractivity contribution in [2.24, 2.45) is 0 Å². The van der Waals surface area contributed by atoms with Crippen LogP contribution < -0.4 is 5.32 Å². The number of likely N-dealkylation sites (tertiary alicyclic amines) is 1. The second kappa shape index (κ2) is 6.15. The van der Waals surface area contributed by atoms with Crippen LogP contribution in [-0.2, 0) is 0 Å². The Morgan fingerprint density at radius 1 is 1.20 bits per heavy atom. The zero-order valence-corrected chi connectivity index (χ0v) is 12.4. The minimum atomic E-state index is 0.272. The van der Waals surface area contributed by atoms with E-state index < -0.39 is 0 Å². The number of hydrogen-bond donors (Lipinski definition) is 2. The van der Waals surface area contributed by atoms with E-state index in [-0.39, 0.29) is 6.04 Å². The molecule has 1 unspecified atom stereocenters. The molecule has 1 aromatic rings. The van der Waals surface area contributed by atoms with Crippen LogP contribution in [0, 0.1) is 0 Å². The van der Waals surface area contributed by atoms with Crippen molar-refractivity contribution in [1.82, 2.24) is 10.2 Å². The van der Waals surface area contributed by atoms with Gasteiger partial charge in [0.2, 0.25) is 0 Å². The van der Waals surface area contributed by atoms with Crippen LogP contribution in [0.25, 0.3) is 0 Å². The molecular formula is C17H26N2O. The summed E-state index contributed by atoms with van der Waals surface area (Å²) in [5.41, 5.74) is 1.04. The molecule has 1 aliphatic heterocycles. The maximum Gasteiger partial charge on any atom is 0.120 e. The molecule has 3 nitrogen and oxygen atoms in total. The lowest BCUT2D eigenvalue weighted by Gasteiger charge is -2.34. The molecular weight excluding hydrogens is 248 g/mol. The third-order valence-corrected chi connectivity index (χ3v) is 4.75. The van der Waals surface area contributed by atoms with Crippen LogP contribution in [0.5, 0.6) is 5.75 Å². The van der Waals surface area contributed by atoms with Gasteiger partial charge in [0.05, 0.1) is 0 Å². The second-order valence-corrected chi connectivity index (χ2v) is 6.23. The molecule has 2 fully saturated rings. The quantitative estimate of drug-likeness (QED) is 0.866. The molecule has 20 heavy (non-hydrogen) atoms. The molecule has 0 bridgehead atoms. The van der Waals surface area contributed by atoms with Gasteiger partial charge in [-0.15, -0.1) is 0 Å². The minimum Gasteiger partial charge on any atom is -0.508 e. The van der Waals surface area contributed by atoms with Gasteiger partial charge in [0.1, 0.15) is 5.75 Å². The Hall–Kier alpha value is -1.06. The van der Waals surface area contributed by atoms with Crippen molar-refractivity contribution in [3.05, 3.63) is 29.8 Å². The molecule has 0 radical (unpaired) electrons. The van der Waals surface area contributed by atoms with Gasteiger partial charge in [-0.1, -0.05) is 25.1 Å². The number of piperidine rings is 1. The first-order valence-corrected chi connectivity index (χ1v) is 8.06. The predicted octanol–water partition coefficient (Wildman–Crippen LogP) is 3.06. The van der Waals surface area contributed by atoms with E-state index in [0.717, 1.165) is 18.0 Å². The van der Waals surface area contributed by atoms with Crippen molar-refractivity contribution in [2.45, 2.75) is 57.2 Å². The summed E-state index contributed by atoms with van der Waals surface area (Å²) in [6, 6.07) is 9.49. The summed E-state index contributed by atoms with van der Waals surface area (Å²) < 4.78 is 0. The zero-order chi connectivity index (χ0) is 13.9. The van der Waals surface area contributed by atoms with Gasteiger partial charge < -0.3 is 15.3 Å². The highest BCUT2D eigenvalue weighted by atomic mass is 16.3. The molecule has 3 heteroatoms. The van der Waals surface area contributed by atoms with Crippen LogP contribution >= 0.6 is 0 Å². The van der Waals surface area contributed by atoms with E-state index in [1.165, 1.54) is 38.8 Å². The molecule has 2 aliphatic rings. The van der Waals surface area contributed by atoms with Gasteiger partial charge in [0.15, 0.2) is 0 Å². The monoisotopic (exact) mass is 274 g/mol. The molecule has 110 valence electrons. The van der Waals surface area contributed by atoms with E-state index in [4.69, 9.17) is 0 Å². The van der Waals surface area contributed by atoms with Crippen LogP contribution in [0.2, 0.25) is 0 Å². The number of phenols is 1. The van der Waals surface area contributed by atoms with Gasteiger partial charge >= 0.3 is 0 Å². The predicted molar refractivity (Wildman–Crippen MR) is 81.9 cm³/mol. The van der Waals surface area contributed by atoms with Gasteiger partial charge in [-0.25, -0.2) is 0 Å². The van der Waals surface area contributed by atoms with Gasteiger partial charge in [0.25, 0.3) is 0 Å². The molecule has 1 saturated heterocycles. The largest absolute Gasteiger partial charge is 0.508 e. The lowest BCUT2D eigenvalue weighted by Crippen LogP contribution is -2.44. The lowest BCUT2D eigenvalue weighted by atomic mass is 9.98. The Labute approximate surface area is 122 Å². The molecule has 1 aliphatic carbocycles. The van der Waals surface area contributed by atoms with E-state index in [0.29, 0.717) is 11.8 Å². The standard InChI is InChI=1S/C17H26N2O/c1-2-16(15-5-3-4-6-17(15)20)18-13-9-11-19(12-10-13)14-7-8-14/h3-6,13-14,16,18,20H,2,7-12H2,1H3.